The smallest absolute Gasteiger partial charge is 0.353 e. The van der Waals surface area contributed by atoms with Crippen LogP contribution in [0.15, 0.2) is 30.6 Å². The summed E-state index contributed by atoms with van der Waals surface area (Å²) in [5.74, 6) is -0.296. The van der Waals surface area contributed by atoms with Crippen LogP contribution in [0.1, 0.15) is 55.8 Å². The van der Waals surface area contributed by atoms with Gasteiger partial charge >= 0.3 is 11.7 Å². The summed E-state index contributed by atoms with van der Waals surface area (Å²) >= 11 is 0. The number of rotatable bonds is 7. The van der Waals surface area contributed by atoms with Gasteiger partial charge in [0.15, 0.2) is 0 Å². The Kier molecular flexibility index (Phi) is 6.94. The minimum Gasteiger partial charge on any atom is -0.462 e. The number of nitrogens with one attached hydrogen (secondary N) is 2. The second kappa shape index (κ2) is 9.81. The van der Waals surface area contributed by atoms with Crippen LogP contribution < -0.4 is 10.6 Å². The third-order valence-electron chi connectivity index (χ3n) is 4.88. The van der Waals surface area contributed by atoms with Crippen LogP contribution in [0.5, 0.6) is 0 Å². The molecule has 0 unspecified atom stereocenters. The number of benzene rings is 1. The standard InChI is InChI=1S/C20H25N5O4/c1-2-29-20(26)15-11-7-8-12-16(15)24-19-17(25(27)28)18(21-13-22-19)23-14-9-5-3-4-6-10-14/h7-8,11-14H,2-6,9-10H2,1H3,(H2,21,22,23,24). The van der Waals surface area contributed by atoms with Gasteiger partial charge in [0.25, 0.3) is 0 Å². The monoisotopic (exact) mass is 399 g/mol. The molecule has 1 aliphatic rings. The van der Waals surface area contributed by atoms with E-state index < -0.39 is 10.9 Å². The SMILES string of the molecule is CCOC(=O)c1ccccc1Nc1ncnc(NC2CCCCCC2)c1[N+](=O)[O-]. The molecule has 1 saturated carbocycles. The summed E-state index contributed by atoms with van der Waals surface area (Å²) in [4.78, 5) is 31.7. The van der Waals surface area contributed by atoms with E-state index in [-0.39, 0.29) is 35.5 Å². The van der Waals surface area contributed by atoms with E-state index in [1.807, 2.05) is 0 Å². The fourth-order valence-corrected chi connectivity index (χ4v) is 3.47. The van der Waals surface area contributed by atoms with Crippen molar-refractivity contribution in [3.63, 3.8) is 0 Å². The first-order valence-corrected chi connectivity index (χ1v) is 9.89. The summed E-state index contributed by atoms with van der Waals surface area (Å²) in [6, 6.07) is 6.81. The highest BCUT2D eigenvalue weighted by atomic mass is 16.6. The lowest BCUT2D eigenvalue weighted by Crippen LogP contribution is -2.20. The van der Waals surface area contributed by atoms with Crippen molar-refractivity contribution in [3.05, 3.63) is 46.3 Å². The van der Waals surface area contributed by atoms with Crippen LogP contribution in [0, 0.1) is 10.1 Å². The number of ether oxygens (including phenoxy) is 1. The van der Waals surface area contributed by atoms with E-state index in [1.54, 1.807) is 31.2 Å². The summed E-state index contributed by atoms with van der Waals surface area (Å²) in [5, 5.41) is 18.0. The van der Waals surface area contributed by atoms with Crippen molar-refractivity contribution in [2.75, 3.05) is 17.2 Å². The molecule has 0 saturated heterocycles. The van der Waals surface area contributed by atoms with Crippen LogP contribution >= 0.6 is 0 Å². The molecule has 9 heteroatoms. The Morgan fingerprint density at radius 2 is 1.86 bits per heavy atom. The third-order valence-corrected chi connectivity index (χ3v) is 4.88. The first kappa shape index (κ1) is 20.5. The van der Waals surface area contributed by atoms with E-state index in [4.69, 9.17) is 4.74 Å². The van der Waals surface area contributed by atoms with Crippen molar-refractivity contribution in [2.45, 2.75) is 51.5 Å². The summed E-state index contributed by atoms with van der Waals surface area (Å²) in [6.07, 6.45) is 7.73. The average Bonchev–Trinajstić information content (AvgIpc) is 2.97. The van der Waals surface area contributed by atoms with Gasteiger partial charge in [0, 0.05) is 6.04 Å². The molecule has 9 nitrogen and oxygen atoms in total. The van der Waals surface area contributed by atoms with Gasteiger partial charge in [-0.2, -0.15) is 0 Å². The van der Waals surface area contributed by atoms with Gasteiger partial charge in [-0.05, 0) is 31.9 Å². The zero-order valence-electron chi connectivity index (χ0n) is 16.4. The summed E-state index contributed by atoms with van der Waals surface area (Å²) in [5.41, 5.74) is 0.420. The number of para-hydroxylation sites is 1. The number of carbonyl (C=O) groups excluding carboxylic acids is 1. The molecular weight excluding hydrogens is 374 g/mol. The Hall–Kier alpha value is -3.23. The topological polar surface area (TPSA) is 119 Å². The molecule has 0 bridgehead atoms. The maximum absolute atomic E-state index is 12.2. The summed E-state index contributed by atoms with van der Waals surface area (Å²) < 4.78 is 5.06. The van der Waals surface area contributed by atoms with Gasteiger partial charge in [0.1, 0.15) is 6.33 Å². The number of nitro groups is 1. The Morgan fingerprint density at radius 3 is 2.55 bits per heavy atom. The second-order valence-electron chi connectivity index (χ2n) is 6.90. The van der Waals surface area contributed by atoms with Crippen LogP contribution in [-0.2, 0) is 4.74 Å². The molecule has 0 radical (unpaired) electrons. The number of aromatic nitrogens is 2. The molecule has 0 spiro atoms. The fourth-order valence-electron chi connectivity index (χ4n) is 3.47. The lowest BCUT2D eigenvalue weighted by Gasteiger charge is -2.17. The van der Waals surface area contributed by atoms with Crippen LogP contribution in [0.2, 0.25) is 0 Å². The highest BCUT2D eigenvalue weighted by Gasteiger charge is 2.26. The molecule has 2 N–H and O–H groups in total. The number of esters is 1. The Balaban J connectivity index is 1.90. The van der Waals surface area contributed by atoms with Crippen molar-refractivity contribution in [1.29, 1.82) is 0 Å². The van der Waals surface area contributed by atoms with Gasteiger partial charge in [0.2, 0.25) is 11.6 Å². The molecule has 0 amide bonds. The molecule has 1 aromatic carbocycles. The largest absolute Gasteiger partial charge is 0.462 e. The highest BCUT2D eigenvalue weighted by Crippen LogP contribution is 2.33. The maximum Gasteiger partial charge on any atom is 0.353 e. The van der Waals surface area contributed by atoms with Gasteiger partial charge < -0.3 is 15.4 Å². The number of carbonyl (C=O) groups is 1. The lowest BCUT2D eigenvalue weighted by molar-refractivity contribution is -0.383. The lowest BCUT2D eigenvalue weighted by atomic mass is 10.1. The molecule has 3 rings (SSSR count). The number of anilines is 3. The Morgan fingerprint density at radius 1 is 1.17 bits per heavy atom. The second-order valence-corrected chi connectivity index (χ2v) is 6.90. The van der Waals surface area contributed by atoms with Crippen molar-refractivity contribution in [1.82, 2.24) is 9.97 Å². The molecular formula is C20H25N5O4. The highest BCUT2D eigenvalue weighted by molar-refractivity contribution is 5.96. The van der Waals surface area contributed by atoms with E-state index in [0.29, 0.717) is 5.69 Å². The summed E-state index contributed by atoms with van der Waals surface area (Å²) in [6.45, 7) is 1.95. The molecule has 0 aliphatic heterocycles. The molecule has 1 heterocycles. The Labute approximate surface area is 169 Å². The van der Waals surface area contributed by atoms with Gasteiger partial charge in [-0.15, -0.1) is 0 Å². The van der Waals surface area contributed by atoms with E-state index in [9.17, 15) is 14.9 Å². The number of nitrogens with zero attached hydrogens (tertiary/aromatic N) is 3. The third kappa shape index (κ3) is 5.18. The molecule has 0 atom stereocenters. The molecule has 1 aliphatic carbocycles. The normalized spacial score (nSPS) is 14.7. The van der Waals surface area contributed by atoms with Gasteiger partial charge in [-0.25, -0.2) is 14.8 Å². The first-order valence-electron chi connectivity index (χ1n) is 9.89. The van der Waals surface area contributed by atoms with E-state index in [2.05, 4.69) is 20.6 Å². The van der Waals surface area contributed by atoms with Crippen molar-refractivity contribution >= 4 is 29.0 Å². The molecule has 2 aromatic rings. The van der Waals surface area contributed by atoms with Crippen molar-refractivity contribution < 1.29 is 14.5 Å². The van der Waals surface area contributed by atoms with Crippen LogP contribution in [0.4, 0.5) is 23.0 Å². The Bertz CT molecular complexity index is 866. The van der Waals surface area contributed by atoms with Crippen LogP contribution in [0.3, 0.4) is 0 Å². The molecule has 154 valence electrons. The summed E-state index contributed by atoms with van der Waals surface area (Å²) in [7, 11) is 0. The van der Waals surface area contributed by atoms with E-state index in [0.717, 1.165) is 25.7 Å². The van der Waals surface area contributed by atoms with Gasteiger partial charge in [-0.1, -0.05) is 37.8 Å². The van der Waals surface area contributed by atoms with E-state index in [1.165, 1.54) is 19.2 Å². The zero-order chi connectivity index (χ0) is 20.6. The van der Waals surface area contributed by atoms with Gasteiger partial charge in [0.05, 0.1) is 22.8 Å². The van der Waals surface area contributed by atoms with Crippen LogP contribution in [0.25, 0.3) is 0 Å². The quantitative estimate of drug-likeness (QED) is 0.303. The fraction of sp³-hybridized carbons (Fsp3) is 0.450. The number of hydrogen-bond acceptors (Lipinski definition) is 8. The van der Waals surface area contributed by atoms with Crippen molar-refractivity contribution in [2.24, 2.45) is 0 Å². The van der Waals surface area contributed by atoms with E-state index >= 15 is 0 Å². The van der Waals surface area contributed by atoms with Crippen molar-refractivity contribution in [3.8, 4) is 0 Å². The maximum atomic E-state index is 12.2. The van der Waals surface area contributed by atoms with Gasteiger partial charge in [-0.3, -0.25) is 10.1 Å². The molecule has 1 aromatic heterocycles. The first-order chi connectivity index (χ1) is 14.1. The minimum absolute atomic E-state index is 0.0258. The predicted molar refractivity (Wildman–Crippen MR) is 109 cm³/mol. The molecule has 29 heavy (non-hydrogen) atoms. The average molecular weight is 399 g/mol. The van der Waals surface area contributed by atoms with Crippen LogP contribution in [-0.4, -0.2) is 33.5 Å². The predicted octanol–water partition coefficient (Wildman–Crippen LogP) is 4.44. The minimum atomic E-state index is -0.510. The molecule has 1 fully saturated rings. The zero-order valence-corrected chi connectivity index (χ0v) is 16.4. The number of hydrogen-bond donors (Lipinski definition) is 2.